The number of nitrogens with two attached hydrogens (primary N) is 1. The van der Waals surface area contributed by atoms with E-state index in [0.29, 0.717) is 0 Å². The molecule has 0 bridgehead atoms. The molecule has 8 heteroatoms. The van der Waals surface area contributed by atoms with Crippen LogP contribution in [0.3, 0.4) is 0 Å². The minimum absolute atomic E-state index is 0.368. The maximum absolute atomic E-state index is 11.9. The van der Waals surface area contributed by atoms with E-state index < -0.39 is 17.7 Å². The molecule has 15 heavy (non-hydrogen) atoms. The van der Waals surface area contributed by atoms with Gasteiger partial charge in [-0.25, -0.2) is 9.79 Å². The maximum atomic E-state index is 11.9. The predicted octanol–water partition coefficient (Wildman–Crippen LogP) is 0.331. The van der Waals surface area contributed by atoms with E-state index in [2.05, 4.69) is 15.7 Å². The molecule has 0 fully saturated rings. The second-order valence-electron chi connectivity index (χ2n) is 2.67. The summed E-state index contributed by atoms with van der Waals surface area (Å²) in [5.74, 6) is -1.91. The van der Waals surface area contributed by atoms with Gasteiger partial charge in [0.05, 0.1) is 0 Å². The van der Waals surface area contributed by atoms with Gasteiger partial charge in [-0.3, -0.25) is 0 Å². The minimum atomic E-state index is -4.72. The number of hydrogen-bond acceptors (Lipinski definition) is 3. The van der Waals surface area contributed by atoms with Crippen molar-refractivity contribution >= 4 is 11.7 Å². The second kappa shape index (κ2) is 3.71. The van der Waals surface area contributed by atoms with Gasteiger partial charge in [0.25, 0.3) is 0 Å². The Hall–Kier alpha value is -1.86. The SMILES string of the molecule is Cn1ccc(N=C(N)C(F)(F)F)nc1=O. The van der Waals surface area contributed by atoms with Crippen molar-refractivity contribution in [2.75, 3.05) is 0 Å². The highest BCUT2D eigenvalue weighted by molar-refractivity contribution is 5.87. The Morgan fingerprint density at radius 3 is 2.67 bits per heavy atom. The largest absolute Gasteiger partial charge is 0.449 e. The van der Waals surface area contributed by atoms with Crippen molar-refractivity contribution in [2.24, 2.45) is 17.8 Å². The van der Waals surface area contributed by atoms with Gasteiger partial charge in [-0.15, -0.1) is 0 Å². The monoisotopic (exact) mass is 220 g/mol. The first-order chi connectivity index (χ1) is 6.80. The summed E-state index contributed by atoms with van der Waals surface area (Å²) in [5, 5.41) is 0. The summed E-state index contributed by atoms with van der Waals surface area (Å²) in [5.41, 5.74) is 3.94. The molecule has 0 amide bonds. The van der Waals surface area contributed by atoms with Crippen molar-refractivity contribution in [1.29, 1.82) is 0 Å². The van der Waals surface area contributed by atoms with E-state index in [1.54, 1.807) is 0 Å². The Balaban J connectivity index is 3.10. The smallest absolute Gasteiger partial charge is 0.380 e. The zero-order valence-corrected chi connectivity index (χ0v) is 7.62. The summed E-state index contributed by atoms with van der Waals surface area (Å²) >= 11 is 0. The molecule has 1 aromatic rings. The third-order valence-corrected chi connectivity index (χ3v) is 1.48. The van der Waals surface area contributed by atoms with Crippen LogP contribution in [0, 0.1) is 0 Å². The number of aryl methyl sites for hydroxylation is 1. The summed E-state index contributed by atoms with van der Waals surface area (Å²) in [4.78, 5) is 17.2. The van der Waals surface area contributed by atoms with Crippen LogP contribution in [0.2, 0.25) is 0 Å². The Labute approximate surface area is 82.1 Å². The maximum Gasteiger partial charge on any atom is 0.449 e. The highest BCUT2D eigenvalue weighted by Crippen LogP contribution is 2.16. The minimum Gasteiger partial charge on any atom is -0.380 e. The molecule has 0 aliphatic carbocycles. The van der Waals surface area contributed by atoms with Crippen molar-refractivity contribution in [3.8, 4) is 0 Å². The third kappa shape index (κ3) is 2.79. The zero-order chi connectivity index (χ0) is 11.6. The number of amidine groups is 1. The summed E-state index contributed by atoms with van der Waals surface area (Å²) < 4.78 is 36.9. The molecular formula is C7H7F3N4O. The fourth-order valence-corrected chi connectivity index (χ4v) is 0.705. The quantitative estimate of drug-likeness (QED) is 0.547. The van der Waals surface area contributed by atoms with Gasteiger partial charge in [0.2, 0.25) is 5.84 Å². The van der Waals surface area contributed by atoms with Gasteiger partial charge in [-0.05, 0) is 6.07 Å². The molecule has 0 saturated carbocycles. The molecule has 0 atom stereocenters. The Morgan fingerprint density at radius 2 is 2.20 bits per heavy atom. The molecule has 0 saturated heterocycles. The Kier molecular flexibility index (Phi) is 2.78. The van der Waals surface area contributed by atoms with Crippen LogP contribution < -0.4 is 11.4 Å². The molecule has 0 unspecified atom stereocenters. The molecule has 1 rings (SSSR count). The molecule has 0 aliphatic rings. The van der Waals surface area contributed by atoms with Crippen molar-refractivity contribution in [2.45, 2.75) is 6.18 Å². The first kappa shape index (κ1) is 11.2. The molecular weight excluding hydrogens is 213 g/mol. The van der Waals surface area contributed by atoms with Gasteiger partial charge in [0, 0.05) is 13.2 Å². The van der Waals surface area contributed by atoms with Crippen LogP contribution in [-0.4, -0.2) is 21.6 Å². The number of alkyl halides is 3. The van der Waals surface area contributed by atoms with E-state index in [1.165, 1.54) is 13.2 Å². The number of hydrogen-bond donors (Lipinski definition) is 1. The fraction of sp³-hybridized carbons (Fsp3) is 0.286. The van der Waals surface area contributed by atoms with Crippen LogP contribution >= 0.6 is 0 Å². The Bertz CT molecular complexity index is 448. The highest BCUT2D eigenvalue weighted by Gasteiger charge is 2.33. The lowest BCUT2D eigenvalue weighted by Crippen LogP contribution is -2.31. The molecule has 82 valence electrons. The molecule has 1 aromatic heterocycles. The molecule has 0 spiro atoms. The molecule has 1 heterocycles. The van der Waals surface area contributed by atoms with Gasteiger partial charge in [0.15, 0.2) is 5.82 Å². The molecule has 0 aromatic carbocycles. The lowest BCUT2D eigenvalue weighted by Gasteiger charge is -2.04. The van der Waals surface area contributed by atoms with E-state index in [-0.39, 0.29) is 5.82 Å². The van der Waals surface area contributed by atoms with Crippen molar-refractivity contribution in [3.05, 3.63) is 22.7 Å². The third-order valence-electron chi connectivity index (χ3n) is 1.48. The second-order valence-corrected chi connectivity index (χ2v) is 2.67. The first-order valence-corrected chi connectivity index (χ1v) is 3.76. The topological polar surface area (TPSA) is 73.3 Å². The molecule has 0 aliphatic heterocycles. The first-order valence-electron chi connectivity index (χ1n) is 3.76. The molecule has 5 nitrogen and oxygen atoms in total. The van der Waals surface area contributed by atoms with Crippen LogP contribution in [0.4, 0.5) is 19.0 Å². The normalized spacial score (nSPS) is 12.9. The van der Waals surface area contributed by atoms with E-state index in [4.69, 9.17) is 0 Å². The van der Waals surface area contributed by atoms with Gasteiger partial charge < -0.3 is 10.3 Å². The van der Waals surface area contributed by atoms with Crippen LogP contribution in [-0.2, 0) is 7.05 Å². The Morgan fingerprint density at radius 1 is 1.60 bits per heavy atom. The van der Waals surface area contributed by atoms with Crippen molar-refractivity contribution in [3.63, 3.8) is 0 Å². The zero-order valence-electron chi connectivity index (χ0n) is 7.62. The van der Waals surface area contributed by atoms with Crippen molar-refractivity contribution < 1.29 is 13.2 Å². The van der Waals surface area contributed by atoms with E-state index in [9.17, 15) is 18.0 Å². The van der Waals surface area contributed by atoms with Gasteiger partial charge >= 0.3 is 11.9 Å². The van der Waals surface area contributed by atoms with Gasteiger partial charge in [-0.1, -0.05) is 0 Å². The summed E-state index contributed by atoms with van der Waals surface area (Å²) in [6.45, 7) is 0. The van der Waals surface area contributed by atoms with E-state index >= 15 is 0 Å². The molecule has 2 N–H and O–H groups in total. The predicted molar refractivity (Wildman–Crippen MR) is 46.8 cm³/mol. The van der Waals surface area contributed by atoms with Crippen molar-refractivity contribution in [1.82, 2.24) is 9.55 Å². The summed E-state index contributed by atoms with van der Waals surface area (Å²) in [7, 11) is 1.41. The number of aliphatic imine (C=N–C) groups is 1. The van der Waals surface area contributed by atoms with Gasteiger partial charge in [-0.2, -0.15) is 18.2 Å². The number of aromatic nitrogens is 2. The van der Waals surface area contributed by atoms with E-state index in [0.717, 1.165) is 10.6 Å². The highest BCUT2D eigenvalue weighted by atomic mass is 19.4. The average molecular weight is 220 g/mol. The van der Waals surface area contributed by atoms with Gasteiger partial charge in [0.1, 0.15) is 0 Å². The summed E-state index contributed by atoms with van der Waals surface area (Å²) in [6, 6.07) is 1.15. The van der Waals surface area contributed by atoms with E-state index in [1.807, 2.05) is 0 Å². The van der Waals surface area contributed by atoms with Crippen LogP contribution in [0.25, 0.3) is 0 Å². The lowest BCUT2D eigenvalue weighted by atomic mass is 10.5. The van der Waals surface area contributed by atoms with Crippen LogP contribution in [0.5, 0.6) is 0 Å². The van der Waals surface area contributed by atoms with Crippen LogP contribution in [0.15, 0.2) is 22.1 Å². The number of rotatable bonds is 1. The molecule has 0 radical (unpaired) electrons. The lowest BCUT2D eigenvalue weighted by molar-refractivity contribution is -0.0598. The number of halogens is 3. The average Bonchev–Trinajstić information content (AvgIpc) is 2.10. The fourth-order valence-electron chi connectivity index (χ4n) is 0.705. The standard InChI is InChI=1S/C7H7F3N4O/c1-14-3-2-4(13-6(14)15)12-5(11)7(8,9)10/h2-3H,1H3,(H2,11,12,13,15). The number of nitrogens with zero attached hydrogens (tertiary/aromatic N) is 3. The van der Waals surface area contributed by atoms with Crippen LogP contribution in [0.1, 0.15) is 0 Å². The summed E-state index contributed by atoms with van der Waals surface area (Å²) in [6.07, 6.45) is -3.47.